The van der Waals surface area contributed by atoms with Crippen LogP contribution in [-0.2, 0) is 9.59 Å². The molecule has 2 aliphatic heterocycles. The van der Waals surface area contributed by atoms with E-state index in [0.29, 0.717) is 38.2 Å². The van der Waals surface area contributed by atoms with E-state index in [9.17, 15) is 14.4 Å². The minimum absolute atomic E-state index is 0.0780. The molecule has 0 aromatic heterocycles. The fourth-order valence-corrected chi connectivity index (χ4v) is 3.30. The number of benzene rings is 1. The Kier molecular flexibility index (Phi) is 4.53. The predicted octanol–water partition coefficient (Wildman–Crippen LogP) is 0.0549. The number of carbonyl (C=O) groups is 3. The van der Waals surface area contributed by atoms with Crippen LogP contribution < -0.4 is 10.6 Å². The average Bonchev–Trinajstić information content (AvgIpc) is 3.00. The Hall–Kier alpha value is -2.41. The second kappa shape index (κ2) is 6.60. The van der Waals surface area contributed by atoms with E-state index in [4.69, 9.17) is 5.73 Å². The maximum atomic E-state index is 12.9. The third-order valence-electron chi connectivity index (χ3n) is 4.65. The van der Waals surface area contributed by atoms with Crippen molar-refractivity contribution in [3.63, 3.8) is 0 Å². The molecule has 2 N–H and O–H groups in total. The Morgan fingerprint density at radius 2 is 2.00 bits per heavy atom. The van der Waals surface area contributed by atoms with Gasteiger partial charge in [0.15, 0.2) is 0 Å². The van der Waals surface area contributed by atoms with Crippen LogP contribution in [0.2, 0.25) is 0 Å². The lowest BCUT2D eigenvalue weighted by molar-refractivity contribution is -0.124. The minimum atomic E-state index is -0.631. The first kappa shape index (κ1) is 16.4. The summed E-state index contributed by atoms with van der Waals surface area (Å²) in [6.07, 6.45) is 1.37. The third-order valence-corrected chi connectivity index (χ3v) is 4.65. The number of nitrogens with two attached hydrogens (primary N) is 1. The fraction of sp³-hybridized carbons (Fsp3) is 0.471. The zero-order valence-electron chi connectivity index (χ0n) is 13.8. The van der Waals surface area contributed by atoms with Crippen LogP contribution in [-0.4, -0.2) is 66.8 Å². The van der Waals surface area contributed by atoms with Crippen molar-refractivity contribution in [3.05, 3.63) is 29.8 Å². The van der Waals surface area contributed by atoms with Crippen LogP contribution in [0.4, 0.5) is 5.69 Å². The first-order valence-corrected chi connectivity index (χ1v) is 8.16. The summed E-state index contributed by atoms with van der Waals surface area (Å²) in [4.78, 5) is 41.7. The monoisotopic (exact) mass is 330 g/mol. The van der Waals surface area contributed by atoms with Gasteiger partial charge >= 0.3 is 0 Å². The number of rotatable bonds is 3. The van der Waals surface area contributed by atoms with Gasteiger partial charge in [-0.15, -0.1) is 0 Å². The molecule has 0 saturated carbocycles. The first-order chi connectivity index (χ1) is 11.5. The summed E-state index contributed by atoms with van der Waals surface area (Å²) >= 11 is 0. The van der Waals surface area contributed by atoms with Crippen molar-refractivity contribution in [2.45, 2.75) is 18.9 Å². The molecular weight excluding hydrogens is 308 g/mol. The Morgan fingerprint density at radius 3 is 2.67 bits per heavy atom. The highest BCUT2D eigenvalue weighted by Crippen LogP contribution is 2.23. The SMILES string of the molecule is CN1CCN(C(=O)c2cccc(N3CCCC3=O)c2)C(C(N)=O)C1. The van der Waals surface area contributed by atoms with Crippen molar-refractivity contribution in [1.29, 1.82) is 0 Å². The third kappa shape index (κ3) is 3.12. The van der Waals surface area contributed by atoms with Crippen molar-refractivity contribution >= 4 is 23.4 Å². The van der Waals surface area contributed by atoms with Gasteiger partial charge in [-0.1, -0.05) is 6.07 Å². The van der Waals surface area contributed by atoms with Gasteiger partial charge in [0.05, 0.1) is 0 Å². The molecule has 2 saturated heterocycles. The first-order valence-electron chi connectivity index (χ1n) is 8.16. The van der Waals surface area contributed by atoms with E-state index < -0.39 is 11.9 Å². The van der Waals surface area contributed by atoms with Crippen LogP contribution in [0.15, 0.2) is 24.3 Å². The molecule has 0 aliphatic carbocycles. The molecule has 2 aliphatic rings. The summed E-state index contributed by atoms with van der Waals surface area (Å²) in [5, 5.41) is 0. The number of anilines is 1. The number of hydrogen-bond acceptors (Lipinski definition) is 4. The zero-order valence-corrected chi connectivity index (χ0v) is 13.8. The molecule has 128 valence electrons. The number of nitrogens with zero attached hydrogens (tertiary/aromatic N) is 3. The normalized spacial score (nSPS) is 22.0. The molecule has 0 bridgehead atoms. The summed E-state index contributed by atoms with van der Waals surface area (Å²) in [5.41, 5.74) is 6.68. The van der Waals surface area contributed by atoms with Crippen LogP contribution in [0.25, 0.3) is 0 Å². The fourth-order valence-electron chi connectivity index (χ4n) is 3.30. The standard InChI is InChI=1S/C17H22N4O3/c1-19-8-9-21(14(11-19)16(18)23)17(24)12-4-2-5-13(10-12)20-7-3-6-15(20)22/h2,4-5,10,14H,3,6-9,11H2,1H3,(H2,18,23). The molecule has 0 spiro atoms. The molecule has 3 amide bonds. The number of likely N-dealkylation sites (N-methyl/N-ethyl adjacent to an activating group) is 1. The lowest BCUT2D eigenvalue weighted by Crippen LogP contribution is -2.59. The topological polar surface area (TPSA) is 86.9 Å². The van der Waals surface area contributed by atoms with Gasteiger partial charge in [-0.25, -0.2) is 0 Å². The molecule has 0 radical (unpaired) electrons. The maximum Gasteiger partial charge on any atom is 0.254 e. The number of primary amides is 1. The van der Waals surface area contributed by atoms with E-state index in [1.807, 2.05) is 18.0 Å². The van der Waals surface area contributed by atoms with E-state index in [1.165, 1.54) is 4.90 Å². The summed E-state index contributed by atoms with van der Waals surface area (Å²) in [7, 11) is 1.90. The lowest BCUT2D eigenvalue weighted by Gasteiger charge is -2.38. The molecule has 7 heteroatoms. The smallest absolute Gasteiger partial charge is 0.254 e. The van der Waals surface area contributed by atoms with Gasteiger partial charge in [0.25, 0.3) is 5.91 Å². The maximum absolute atomic E-state index is 12.9. The molecular formula is C17H22N4O3. The molecule has 1 atom stereocenters. The Morgan fingerprint density at radius 1 is 1.21 bits per heavy atom. The van der Waals surface area contributed by atoms with Crippen molar-refractivity contribution in [2.24, 2.45) is 5.73 Å². The molecule has 2 heterocycles. The van der Waals surface area contributed by atoms with Gasteiger partial charge in [0.2, 0.25) is 11.8 Å². The average molecular weight is 330 g/mol. The van der Waals surface area contributed by atoms with Gasteiger partial charge < -0.3 is 20.4 Å². The van der Waals surface area contributed by atoms with E-state index in [-0.39, 0.29) is 11.8 Å². The second-order valence-corrected chi connectivity index (χ2v) is 6.38. The van der Waals surface area contributed by atoms with Crippen molar-refractivity contribution in [2.75, 3.05) is 38.1 Å². The van der Waals surface area contributed by atoms with Crippen molar-refractivity contribution in [3.8, 4) is 0 Å². The van der Waals surface area contributed by atoms with E-state index in [0.717, 1.165) is 12.1 Å². The Bertz CT molecular complexity index is 676. The highest BCUT2D eigenvalue weighted by Gasteiger charge is 2.33. The van der Waals surface area contributed by atoms with E-state index in [1.54, 1.807) is 23.1 Å². The predicted molar refractivity (Wildman–Crippen MR) is 89.5 cm³/mol. The van der Waals surface area contributed by atoms with Crippen molar-refractivity contribution < 1.29 is 14.4 Å². The van der Waals surface area contributed by atoms with E-state index >= 15 is 0 Å². The zero-order chi connectivity index (χ0) is 17.3. The molecule has 1 aromatic rings. The van der Waals surface area contributed by atoms with Crippen LogP contribution in [0.5, 0.6) is 0 Å². The van der Waals surface area contributed by atoms with Crippen LogP contribution in [0, 0.1) is 0 Å². The molecule has 3 rings (SSSR count). The summed E-state index contributed by atoms with van der Waals surface area (Å²) in [6, 6.07) is 6.40. The largest absolute Gasteiger partial charge is 0.368 e. The Labute approximate surface area is 141 Å². The van der Waals surface area contributed by atoms with Crippen LogP contribution in [0.3, 0.4) is 0 Å². The molecule has 7 nitrogen and oxygen atoms in total. The summed E-state index contributed by atoms with van der Waals surface area (Å²) in [5.74, 6) is -0.643. The molecule has 24 heavy (non-hydrogen) atoms. The van der Waals surface area contributed by atoms with Gasteiger partial charge in [0.1, 0.15) is 6.04 Å². The van der Waals surface area contributed by atoms with Gasteiger partial charge in [-0.3, -0.25) is 14.4 Å². The highest BCUT2D eigenvalue weighted by atomic mass is 16.2. The minimum Gasteiger partial charge on any atom is -0.368 e. The van der Waals surface area contributed by atoms with Crippen LogP contribution in [0.1, 0.15) is 23.2 Å². The highest BCUT2D eigenvalue weighted by molar-refractivity contribution is 6.00. The number of carbonyl (C=O) groups excluding carboxylic acids is 3. The number of amides is 3. The van der Waals surface area contributed by atoms with Crippen molar-refractivity contribution in [1.82, 2.24) is 9.80 Å². The lowest BCUT2D eigenvalue weighted by atomic mass is 10.1. The second-order valence-electron chi connectivity index (χ2n) is 6.38. The van der Waals surface area contributed by atoms with Gasteiger partial charge in [-0.2, -0.15) is 0 Å². The summed E-state index contributed by atoms with van der Waals surface area (Å²) in [6.45, 7) is 2.26. The quantitative estimate of drug-likeness (QED) is 0.849. The number of hydrogen-bond donors (Lipinski definition) is 1. The molecule has 2 fully saturated rings. The molecule has 1 aromatic carbocycles. The molecule has 1 unspecified atom stereocenters. The van der Waals surface area contributed by atoms with Gasteiger partial charge in [-0.05, 0) is 31.7 Å². The van der Waals surface area contributed by atoms with Gasteiger partial charge in [0, 0.05) is 43.9 Å². The van der Waals surface area contributed by atoms with E-state index in [2.05, 4.69) is 0 Å². The number of piperazine rings is 1. The Balaban J connectivity index is 1.84. The summed E-state index contributed by atoms with van der Waals surface area (Å²) < 4.78 is 0. The van der Waals surface area contributed by atoms with Crippen LogP contribution >= 0.6 is 0 Å².